The lowest BCUT2D eigenvalue weighted by Gasteiger charge is -2.22. The van der Waals surface area contributed by atoms with Crippen LogP contribution in [0.5, 0.6) is 0 Å². The number of amides is 1. The van der Waals surface area contributed by atoms with Crippen molar-refractivity contribution in [2.24, 2.45) is 5.92 Å². The summed E-state index contributed by atoms with van der Waals surface area (Å²) < 4.78 is 18.8. The molecule has 5 nitrogen and oxygen atoms in total. The van der Waals surface area contributed by atoms with Crippen LogP contribution < -0.4 is 10.6 Å². The van der Waals surface area contributed by atoms with Gasteiger partial charge in [-0.3, -0.25) is 4.79 Å². The van der Waals surface area contributed by atoms with Crippen LogP contribution in [0.25, 0.3) is 0 Å². The van der Waals surface area contributed by atoms with Crippen LogP contribution in [0.1, 0.15) is 12.8 Å². The fraction of sp³-hybridized carbons (Fsp3) is 0.875. The highest BCUT2D eigenvalue weighted by Gasteiger charge is 2.14. The molecule has 0 saturated carbocycles. The third-order valence-corrected chi connectivity index (χ3v) is 2.75. The summed E-state index contributed by atoms with van der Waals surface area (Å²) in [5, 5.41) is 5.89. The SMILES string of the molecule is O=C(CS(=O)O)NCC1CCCNC1. The molecule has 0 spiro atoms. The van der Waals surface area contributed by atoms with Gasteiger partial charge in [-0.2, -0.15) is 0 Å². The van der Waals surface area contributed by atoms with Crippen LogP contribution >= 0.6 is 0 Å². The number of nitrogens with one attached hydrogen (secondary N) is 2. The van der Waals surface area contributed by atoms with Gasteiger partial charge in [0.15, 0.2) is 11.1 Å². The molecule has 3 N–H and O–H groups in total. The van der Waals surface area contributed by atoms with Crippen LogP contribution in [-0.4, -0.2) is 40.1 Å². The highest BCUT2D eigenvalue weighted by Crippen LogP contribution is 2.07. The van der Waals surface area contributed by atoms with E-state index in [0.717, 1.165) is 25.9 Å². The molecular weight excluding hydrogens is 204 g/mol. The number of hydrogen-bond donors (Lipinski definition) is 3. The van der Waals surface area contributed by atoms with Crippen molar-refractivity contribution in [2.75, 3.05) is 25.4 Å². The molecule has 2 atom stereocenters. The molecule has 0 radical (unpaired) electrons. The second kappa shape index (κ2) is 6.10. The first kappa shape index (κ1) is 11.6. The Labute approximate surface area is 85.9 Å². The Hall–Kier alpha value is -0.460. The van der Waals surface area contributed by atoms with Crippen LogP contribution in [0, 0.1) is 5.92 Å². The van der Waals surface area contributed by atoms with Crippen molar-refractivity contribution < 1.29 is 13.6 Å². The van der Waals surface area contributed by atoms with E-state index in [1.165, 1.54) is 0 Å². The molecule has 6 heteroatoms. The molecule has 1 heterocycles. The predicted octanol–water partition coefficient (Wildman–Crippen LogP) is -0.676. The highest BCUT2D eigenvalue weighted by molar-refractivity contribution is 7.80. The maximum atomic E-state index is 11.0. The monoisotopic (exact) mass is 220 g/mol. The molecule has 0 bridgehead atoms. The van der Waals surface area contributed by atoms with Crippen molar-refractivity contribution in [1.82, 2.24) is 10.6 Å². The number of carbonyl (C=O) groups is 1. The van der Waals surface area contributed by atoms with Gasteiger partial charge in [0.05, 0.1) is 0 Å². The Morgan fingerprint density at radius 3 is 3.00 bits per heavy atom. The normalized spacial score (nSPS) is 24.2. The van der Waals surface area contributed by atoms with Gasteiger partial charge >= 0.3 is 0 Å². The summed E-state index contributed by atoms with van der Waals surface area (Å²) in [6.45, 7) is 2.57. The van der Waals surface area contributed by atoms with E-state index in [9.17, 15) is 9.00 Å². The van der Waals surface area contributed by atoms with Gasteiger partial charge in [0.25, 0.3) is 0 Å². The molecule has 0 aromatic carbocycles. The van der Waals surface area contributed by atoms with E-state index >= 15 is 0 Å². The minimum atomic E-state index is -2.03. The average molecular weight is 220 g/mol. The van der Waals surface area contributed by atoms with Gasteiger partial charge in [-0.1, -0.05) is 0 Å². The van der Waals surface area contributed by atoms with Crippen LogP contribution in [0.4, 0.5) is 0 Å². The van der Waals surface area contributed by atoms with Gasteiger partial charge in [-0.05, 0) is 31.8 Å². The summed E-state index contributed by atoms with van der Waals surface area (Å²) in [5.41, 5.74) is 0. The smallest absolute Gasteiger partial charge is 0.235 e. The Kier molecular flexibility index (Phi) is 5.06. The van der Waals surface area contributed by atoms with Crippen LogP contribution in [-0.2, 0) is 15.9 Å². The Bertz CT molecular complexity index is 217. The lowest BCUT2D eigenvalue weighted by Crippen LogP contribution is -2.39. The zero-order valence-corrected chi connectivity index (χ0v) is 8.81. The number of carbonyl (C=O) groups excluding carboxylic acids is 1. The van der Waals surface area contributed by atoms with Crippen molar-refractivity contribution in [1.29, 1.82) is 0 Å². The maximum absolute atomic E-state index is 11.0. The molecule has 1 saturated heterocycles. The minimum Gasteiger partial charge on any atom is -0.355 e. The van der Waals surface area contributed by atoms with E-state index in [-0.39, 0.29) is 11.7 Å². The molecule has 2 unspecified atom stereocenters. The molecule has 1 aliphatic rings. The second-order valence-corrected chi connectivity index (χ2v) is 4.41. The van der Waals surface area contributed by atoms with Crippen LogP contribution in [0.2, 0.25) is 0 Å². The molecule has 0 aromatic rings. The quantitative estimate of drug-likeness (QED) is 0.549. The highest BCUT2D eigenvalue weighted by atomic mass is 32.2. The Morgan fingerprint density at radius 1 is 1.64 bits per heavy atom. The summed E-state index contributed by atoms with van der Waals surface area (Å²) in [4.78, 5) is 11.0. The van der Waals surface area contributed by atoms with E-state index in [1.807, 2.05) is 0 Å². The van der Waals surface area contributed by atoms with E-state index in [0.29, 0.717) is 12.5 Å². The van der Waals surface area contributed by atoms with Crippen LogP contribution in [0.15, 0.2) is 0 Å². The van der Waals surface area contributed by atoms with Crippen molar-refractivity contribution in [3.05, 3.63) is 0 Å². The standard InChI is InChI=1S/C8H16N2O3S/c11-8(6-14(12)13)10-5-7-2-1-3-9-4-7/h7,9H,1-6H2,(H,10,11)(H,12,13). The van der Waals surface area contributed by atoms with E-state index in [1.54, 1.807) is 0 Å². The van der Waals surface area contributed by atoms with E-state index in [2.05, 4.69) is 10.6 Å². The van der Waals surface area contributed by atoms with Gasteiger partial charge < -0.3 is 15.2 Å². The first-order valence-corrected chi connectivity index (χ1v) is 6.01. The molecule has 1 amide bonds. The van der Waals surface area contributed by atoms with Crippen molar-refractivity contribution in [3.8, 4) is 0 Å². The number of rotatable bonds is 4. The van der Waals surface area contributed by atoms with Gasteiger partial charge in [0.1, 0.15) is 5.75 Å². The fourth-order valence-corrected chi connectivity index (χ4v) is 1.85. The van der Waals surface area contributed by atoms with Crippen LogP contribution in [0.3, 0.4) is 0 Å². The van der Waals surface area contributed by atoms with Gasteiger partial charge in [0.2, 0.25) is 5.91 Å². The first-order chi connectivity index (χ1) is 6.68. The maximum Gasteiger partial charge on any atom is 0.235 e. The third kappa shape index (κ3) is 4.69. The van der Waals surface area contributed by atoms with E-state index in [4.69, 9.17) is 4.55 Å². The topological polar surface area (TPSA) is 78.4 Å². The summed E-state index contributed by atoms with van der Waals surface area (Å²) in [6.07, 6.45) is 2.24. The van der Waals surface area contributed by atoms with Crippen molar-refractivity contribution in [3.63, 3.8) is 0 Å². The zero-order valence-electron chi connectivity index (χ0n) is 7.99. The fourth-order valence-electron chi connectivity index (χ4n) is 1.52. The lowest BCUT2D eigenvalue weighted by atomic mass is 10.00. The molecule has 82 valence electrons. The van der Waals surface area contributed by atoms with Gasteiger partial charge in [-0.15, -0.1) is 0 Å². The minimum absolute atomic E-state index is 0.319. The number of piperidine rings is 1. The van der Waals surface area contributed by atoms with Crippen molar-refractivity contribution in [2.45, 2.75) is 12.8 Å². The number of hydrogen-bond acceptors (Lipinski definition) is 3. The van der Waals surface area contributed by atoms with Gasteiger partial charge in [-0.25, -0.2) is 4.21 Å². The second-order valence-electron chi connectivity index (χ2n) is 3.48. The molecule has 1 fully saturated rings. The predicted molar refractivity (Wildman–Crippen MR) is 54.2 cm³/mol. The zero-order chi connectivity index (χ0) is 10.4. The molecular formula is C8H16N2O3S. The summed E-state index contributed by atoms with van der Waals surface area (Å²) in [6, 6.07) is 0. The molecule has 0 aromatic heterocycles. The molecule has 1 rings (SSSR count). The summed E-state index contributed by atoms with van der Waals surface area (Å²) in [7, 11) is 0. The summed E-state index contributed by atoms with van der Waals surface area (Å²) in [5.74, 6) is -0.212. The molecule has 1 aliphatic heterocycles. The van der Waals surface area contributed by atoms with Crippen molar-refractivity contribution >= 4 is 17.0 Å². The largest absolute Gasteiger partial charge is 0.355 e. The third-order valence-electron chi connectivity index (χ3n) is 2.24. The average Bonchev–Trinajstić information content (AvgIpc) is 2.15. The Morgan fingerprint density at radius 2 is 2.43 bits per heavy atom. The summed E-state index contributed by atoms with van der Waals surface area (Å²) >= 11 is -2.03. The molecule has 14 heavy (non-hydrogen) atoms. The molecule has 0 aliphatic carbocycles. The van der Waals surface area contributed by atoms with Gasteiger partial charge in [0, 0.05) is 6.54 Å². The lowest BCUT2D eigenvalue weighted by molar-refractivity contribution is -0.118. The first-order valence-electron chi connectivity index (χ1n) is 4.73. The van der Waals surface area contributed by atoms with E-state index < -0.39 is 11.1 Å². The Balaban J connectivity index is 2.12.